The van der Waals surface area contributed by atoms with Crippen LogP contribution in [0.3, 0.4) is 0 Å². The van der Waals surface area contributed by atoms with Crippen molar-refractivity contribution in [3.05, 3.63) is 23.8 Å². The number of aliphatic hydroxyl groups is 1. The van der Waals surface area contributed by atoms with Crippen LogP contribution in [-0.4, -0.2) is 31.0 Å². The van der Waals surface area contributed by atoms with Crippen molar-refractivity contribution >= 4 is 5.69 Å². The van der Waals surface area contributed by atoms with Crippen LogP contribution in [0.1, 0.15) is 37.7 Å². The third kappa shape index (κ3) is 1.97. The Morgan fingerprint density at radius 2 is 2.18 bits per heavy atom. The van der Waals surface area contributed by atoms with Crippen LogP contribution in [0, 0.1) is 11.3 Å². The normalized spacial score (nSPS) is 31.8. The molecule has 1 saturated heterocycles. The van der Waals surface area contributed by atoms with Gasteiger partial charge in [-0.3, -0.25) is 0 Å². The fourth-order valence-corrected chi connectivity index (χ4v) is 5.08. The Kier molecular flexibility index (Phi) is 3.54. The van der Waals surface area contributed by atoms with Crippen LogP contribution in [0.25, 0.3) is 0 Å². The van der Waals surface area contributed by atoms with Crippen molar-refractivity contribution in [3.8, 4) is 5.75 Å². The average molecular weight is 303 g/mol. The van der Waals surface area contributed by atoms with Crippen LogP contribution in [0.4, 0.5) is 5.69 Å². The molecule has 2 saturated carbocycles. The van der Waals surface area contributed by atoms with E-state index in [1.807, 2.05) is 12.1 Å². The van der Waals surface area contributed by atoms with Gasteiger partial charge in [-0.2, -0.15) is 0 Å². The van der Waals surface area contributed by atoms with E-state index in [-0.39, 0.29) is 6.61 Å². The maximum atomic E-state index is 9.51. The molecule has 3 fully saturated rings. The van der Waals surface area contributed by atoms with Gasteiger partial charge in [0.1, 0.15) is 5.75 Å². The summed E-state index contributed by atoms with van der Waals surface area (Å²) in [4.78, 5) is 0. The van der Waals surface area contributed by atoms with E-state index in [1.165, 1.54) is 32.1 Å². The molecular weight excluding hydrogens is 278 g/mol. The van der Waals surface area contributed by atoms with E-state index in [9.17, 15) is 5.11 Å². The summed E-state index contributed by atoms with van der Waals surface area (Å²) in [5.74, 6) is 1.40. The van der Waals surface area contributed by atoms with Gasteiger partial charge in [-0.05, 0) is 37.5 Å². The van der Waals surface area contributed by atoms with Gasteiger partial charge >= 0.3 is 0 Å². The van der Waals surface area contributed by atoms with E-state index in [0.717, 1.165) is 23.6 Å². The Bertz CT molecular complexity index is 553. The van der Waals surface area contributed by atoms with Gasteiger partial charge in [0.15, 0.2) is 0 Å². The molecule has 0 amide bonds. The van der Waals surface area contributed by atoms with Gasteiger partial charge in [0.2, 0.25) is 0 Å². The summed E-state index contributed by atoms with van der Waals surface area (Å²) in [7, 11) is 1.64. The van der Waals surface area contributed by atoms with Gasteiger partial charge in [0.25, 0.3) is 0 Å². The second-order valence-electron chi connectivity index (χ2n) is 6.99. The van der Waals surface area contributed by atoms with E-state index in [1.54, 1.807) is 7.11 Å². The highest BCUT2D eigenvalue weighted by Gasteiger charge is 2.64. The van der Waals surface area contributed by atoms with Crippen LogP contribution in [-0.2, 0) is 11.3 Å². The molecule has 1 aliphatic heterocycles. The maximum Gasteiger partial charge on any atom is 0.124 e. The molecule has 3 atom stereocenters. The number of rotatable bonds is 4. The summed E-state index contributed by atoms with van der Waals surface area (Å²) in [6, 6.07) is 6.53. The first-order valence-corrected chi connectivity index (χ1v) is 8.44. The molecule has 1 heterocycles. The van der Waals surface area contributed by atoms with Crippen LogP contribution in [0.2, 0.25) is 0 Å². The second-order valence-corrected chi connectivity index (χ2v) is 6.99. The molecule has 0 aromatic heterocycles. The largest absolute Gasteiger partial charge is 0.496 e. The summed E-state index contributed by atoms with van der Waals surface area (Å²) in [6.07, 6.45) is 6.88. The van der Waals surface area contributed by atoms with Crippen molar-refractivity contribution in [2.24, 2.45) is 11.3 Å². The number of hydrogen-bond acceptors (Lipinski definition) is 4. The Hall–Kier alpha value is -1.26. The number of fused-ring (bicyclic) bond motifs is 2. The molecule has 2 N–H and O–H groups in total. The Balaban J connectivity index is 1.57. The number of benzene rings is 1. The maximum absolute atomic E-state index is 9.51. The minimum atomic E-state index is 0.00364. The quantitative estimate of drug-likeness (QED) is 0.898. The predicted molar refractivity (Wildman–Crippen MR) is 85.1 cm³/mol. The van der Waals surface area contributed by atoms with Crippen LogP contribution >= 0.6 is 0 Å². The molecule has 0 bridgehead atoms. The predicted octanol–water partition coefficient (Wildman–Crippen LogP) is 2.95. The van der Waals surface area contributed by atoms with Gasteiger partial charge in [-0.25, -0.2) is 0 Å². The fourth-order valence-electron chi connectivity index (χ4n) is 5.08. The molecule has 4 nitrogen and oxygen atoms in total. The van der Waals surface area contributed by atoms with Crippen molar-refractivity contribution in [2.45, 2.75) is 50.9 Å². The van der Waals surface area contributed by atoms with Gasteiger partial charge in [0.05, 0.1) is 19.8 Å². The van der Waals surface area contributed by atoms with E-state index in [2.05, 4.69) is 11.4 Å². The number of ether oxygens (including phenoxy) is 2. The van der Waals surface area contributed by atoms with Crippen LogP contribution in [0.5, 0.6) is 5.75 Å². The molecular formula is C18H25NO3. The topological polar surface area (TPSA) is 50.7 Å². The molecule has 4 heteroatoms. The molecule has 3 aliphatic rings. The zero-order valence-corrected chi connectivity index (χ0v) is 13.2. The highest BCUT2D eigenvalue weighted by atomic mass is 16.5. The highest BCUT2D eigenvalue weighted by Crippen LogP contribution is 2.61. The number of hydrogen-bond donors (Lipinski definition) is 2. The monoisotopic (exact) mass is 303 g/mol. The number of aliphatic hydroxyl groups excluding tert-OH is 1. The lowest BCUT2D eigenvalue weighted by Crippen LogP contribution is -2.64. The second kappa shape index (κ2) is 5.43. The zero-order valence-electron chi connectivity index (χ0n) is 13.2. The Morgan fingerprint density at radius 1 is 1.36 bits per heavy atom. The lowest BCUT2D eigenvalue weighted by atomic mass is 9.54. The van der Waals surface area contributed by atoms with Gasteiger partial charge in [-0.15, -0.1) is 0 Å². The van der Waals surface area contributed by atoms with Crippen LogP contribution < -0.4 is 10.1 Å². The van der Waals surface area contributed by atoms with Gasteiger partial charge < -0.3 is 19.9 Å². The fraction of sp³-hybridized carbons (Fsp3) is 0.667. The van der Waals surface area contributed by atoms with Gasteiger partial charge in [0, 0.05) is 35.2 Å². The molecule has 1 aromatic carbocycles. The molecule has 1 aromatic rings. The Labute approximate surface area is 131 Å². The summed E-state index contributed by atoms with van der Waals surface area (Å²) < 4.78 is 11.3. The van der Waals surface area contributed by atoms with E-state index >= 15 is 0 Å². The first-order valence-electron chi connectivity index (χ1n) is 8.44. The molecule has 22 heavy (non-hydrogen) atoms. The molecule has 3 unspecified atom stereocenters. The number of nitrogens with one attached hydrogen (secondary N) is 1. The number of anilines is 1. The highest BCUT2D eigenvalue weighted by molar-refractivity contribution is 5.53. The van der Waals surface area contributed by atoms with Gasteiger partial charge in [-0.1, -0.05) is 12.8 Å². The summed E-state index contributed by atoms with van der Waals surface area (Å²) in [5.41, 5.74) is 2.28. The van der Waals surface area contributed by atoms with Crippen molar-refractivity contribution in [3.63, 3.8) is 0 Å². The molecule has 1 spiro atoms. The number of methoxy groups -OCH3 is 1. The minimum Gasteiger partial charge on any atom is -0.496 e. The first kappa shape index (κ1) is 14.3. The third-order valence-corrected chi connectivity index (χ3v) is 6.06. The average Bonchev–Trinajstić information content (AvgIpc) is 3.20. The summed E-state index contributed by atoms with van der Waals surface area (Å²) >= 11 is 0. The minimum absolute atomic E-state index is 0.00364. The standard InChI is InChI=1S/C18H25NO3/c1-21-15-5-4-13(10-12(15)11-20)19-16-14-6-9-22-17(14)18(16)7-2-3-8-18/h4-5,10,14,16-17,19-20H,2-3,6-9,11H2,1H3. The van der Waals surface area contributed by atoms with Crippen molar-refractivity contribution in [1.82, 2.24) is 0 Å². The lowest BCUT2D eigenvalue weighted by molar-refractivity contribution is -0.111. The summed E-state index contributed by atoms with van der Waals surface area (Å²) in [5, 5.41) is 13.3. The third-order valence-electron chi connectivity index (χ3n) is 6.06. The van der Waals surface area contributed by atoms with E-state index in [0.29, 0.717) is 23.5 Å². The van der Waals surface area contributed by atoms with Crippen molar-refractivity contribution in [2.75, 3.05) is 19.0 Å². The molecule has 2 aliphatic carbocycles. The first-order chi connectivity index (χ1) is 10.8. The van der Waals surface area contributed by atoms with E-state index in [4.69, 9.17) is 9.47 Å². The van der Waals surface area contributed by atoms with E-state index < -0.39 is 0 Å². The van der Waals surface area contributed by atoms with Crippen molar-refractivity contribution < 1.29 is 14.6 Å². The smallest absolute Gasteiger partial charge is 0.124 e. The van der Waals surface area contributed by atoms with Crippen LogP contribution in [0.15, 0.2) is 18.2 Å². The Morgan fingerprint density at radius 3 is 2.91 bits per heavy atom. The molecule has 0 radical (unpaired) electrons. The zero-order chi connectivity index (χ0) is 15.2. The SMILES string of the molecule is COc1ccc(NC2C3CCOC3C23CCCC3)cc1CO. The lowest BCUT2D eigenvalue weighted by Gasteiger charge is -2.57. The molecule has 120 valence electrons. The van der Waals surface area contributed by atoms with Crippen molar-refractivity contribution in [1.29, 1.82) is 0 Å². The summed E-state index contributed by atoms with van der Waals surface area (Å²) in [6.45, 7) is 0.920. The molecule has 4 rings (SSSR count).